The number of carbonyl (C=O) groups is 3. The highest BCUT2D eigenvalue weighted by Gasteiger charge is 2.61. The Bertz CT molecular complexity index is 1220. The molecule has 3 amide bonds. The maximum absolute atomic E-state index is 14.1. The number of morpholine rings is 1. The summed E-state index contributed by atoms with van der Waals surface area (Å²) in [7, 11) is 0. The number of allylic oxidation sites excluding steroid dienone is 2. The molecule has 5 fully saturated rings. The Hall–Kier alpha value is -2.75. The number of rotatable bonds is 7. The van der Waals surface area contributed by atoms with Gasteiger partial charge in [0.05, 0.1) is 49.3 Å². The van der Waals surface area contributed by atoms with Crippen molar-refractivity contribution in [1.29, 1.82) is 0 Å². The van der Waals surface area contributed by atoms with Gasteiger partial charge in [0.2, 0.25) is 11.8 Å². The number of nitrogens with zero attached hydrogens (tertiary/aromatic N) is 2. The van der Waals surface area contributed by atoms with Crippen molar-refractivity contribution in [3.63, 3.8) is 0 Å². The fourth-order valence-corrected chi connectivity index (χ4v) is 8.79. The van der Waals surface area contributed by atoms with E-state index in [1.165, 1.54) is 0 Å². The molecular weight excluding hydrogens is 534 g/mol. The summed E-state index contributed by atoms with van der Waals surface area (Å²) in [6.07, 6.45) is 7.68. The summed E-state index contributed by atoms with van der Waals surface area (Å²) in [5.74, 6) is -0.390. The Morgan fingerprint density at radius 2 is 1.79 bits per heavy atom. The topological polar surface area (TPSA) is 108 Å². The summed E-state index contributed by atoms with van der Waals surface area (Å²) in [4.78, 5) is 45.1. The first-order valence-electron chi connectivity index (χ1n) is 15.9. The third-order valence-electron chi connectivity index (χ3n) is 11.0. The molecule has 0 radical (unpaired) electrons. The maximum atomic E-state index is 14.1. The smallest absolute Gasteiger partial charge is 0.255 e. The summed E-state index contributed by atoms with van der Waals surface area (Å²) in [6.45, 7) is 4.91. The molecule has 10 atom stereocenters. The molecule has 1 aromatic carbocycles. The Balaban J connectivity index is 1.07. The van der Waals surface area contributed by atoms with Crippen molar-refractivity contribution in [3.05, 3.63) is 48.0 Å². The lowest BCUT2D eigenvalue weighted by Crippen LogP contribution is -2.64. The minimum absolute atomic E-state index is 0.0178. The zero-order valence-electron chi connectivity index (χ0n) is 24.4. The van der Waals surface area contributed by atoms with Gasteiger partial charge >= 0.3 is 0 Å². The number of carbonyl (C=O) groups excluding carboxylic acids is 3. The van der Waals surface area contributed by atoms with E-state index >= 15 is 0 Å². The van der Waals surface area contributed by atoms with Gasteiger partial charge in [-0.05, 0) is 49.0 Å². The normalized spacial score (nSPS) is 39.6. The molecule has 3 heterocycles. The van der Waals surface area contributed by atoms with Crippen LogP contribution in [-0.4, -0.2) is 95.4 Å². The number of hydrogen-bond donors (Lipinski definition) is 2. The fraction of sp³-hybridized carbons (Fsp3) is 0.667. The van der Waals surface area contributed by atoms with Crippen LogP contribution in [0.5, 0.6) is 0 Å². The summed E-state index contributed by atoms with van der Waals surface area (Å²) >= 11 is 0. The lowest BCUT2D eigenvalue weighted by Gasteiger charge is -2.48. The van der Waals surface area contributed by atoms with E-state index in [1.807, 2.05) is 40.1 Å². The third-order valence-corrected chi connectivity index (χ3v) is 11.0. The van der Waals surface area contributed by atoms with Gasteiger partial charge in [0.1, 0.15) is 0 Å². The van der Waals surface area contributed by atoms with Gasteiger partial charge in [-0.3, -0.25) is 14.4 Å². The zero-order valence-corrected chi connectivity index (χ0v) is 24.4. The molecule has 3 aliphatic carbocycles. The lowest BCUT2D eigenvalue weighted by atomic mass is 9.79. The highest BCUT2D eigenvalue weighted by Crippen LogP contribution is 2.50. The molecule has 3 aliphatic heterocycles. The van der Waals surface area contributed by atoms with Gasteiger partial charge in [-0.15, -0.1) is 0 Å². The van der Waals surface area contributed by atoms with E-state index in [1.54, 1.807) is 0 Å². The van der Waals surface area contributed by atoms with E-state index in [0.29, 0.717) is 52.1 Å². The second-order valence-corrected chi connectivity index (χ2v) is 13.5. The first-order valence-corrected chi connectivity index (χ1v) is 15.9. The van der Waals surface area contributed by atoms with Crippen LogP contribution >= 0.6 is 0 Å². The van der Waals surface area contributed by atoms with E-state index in [-0.39, 0.29) is 59.6 Å². The van der Waals surface area contributed by atoms with Crippen LogP contribution in [-0.2, 0) is 30.3 Å². The Morgan fingerprint density at radius 1 is 1.07 bits per heavy atom. The number of fused-ring (bicyclic) bond motifs is 2. The van der Waals surface area contributed by atoms with Crippen LogP contribution in [0.3, 0.4) is 0 Å². The standard InChI is InChI=1S/C33H43N3O6/c1-20-7-10-25(37)29(20)36-12-11-33(32(36)40)19-26(42-33)24(17-21-5-3-2-4-6-21)34-30(38)27-22-8-9-23(18-22)28(27)31(39)35-13-15-41-16-14-35/h2-6,8-9,20,22-29,37H,7,10-19H2,1H3,(H,34,38). The average molecular weight is 578 g/mol. The molecule has 10 unspecified atom stereocenters. The largest absolute Gasteiger partial charge is 0.391 e. The van der Waals surface area contributed by atoms with Crippen LogP contribution in [0.2, 0.25) is 0 Å². The molecule has 42 heavy (non-hydrogen) atoms. The third kappa shape index (κ3) is 4.77. The summed E-state index contributed by atoms with van der Waals surface area (Å²) < 4.78 is 12.0. The molecule has 6 aliphatic rings. The first-order chi connectivity index (χ1) is 20.3. The average Bonchev–Trinajstić information content (AvgIpc) is 3.76. The minimum Gasteiger partial charge on any atom is -0.391 e. The predicted octanol–water partition coefficient (Wildman–Crippen LogP) is 1.93. The monoisotopic (exact) mass is 577 g/mol. The van der Waals surface area contributed by atoms with Crippen molar-refractivity contribution < 1.29 is 29.0 Å². The SMILES string of the molecule is CC1CCC(O)C1N1CCC2(CC(C(Cc3ccccc3)NC(=O)C3C4C=CC(C4)C3C(=O)N3CCOCC3)O2)C1=O. The molecule has 3 saturated heterocycles. The van der Waals surface area contributed by atoms with Crippen molar-refractivity contribution in [2.24, 2.45) is 29.6 Å². The molecule has 0 aromatic heterocycles. The minimum atomic E-state index is -0.865. The molecular formula is C33H43N3O6. The van der Waals surface area contributed by atoms with Crippen molar-refractivity contribution in [1.82, 2.24) is 15.1 Å². The van der Waals surface area contributed by atoms with Crippen molar-refractivity contribution >= 4 is 17.7 Å². The van der Waals surface area contributed by atoms with Crippen molar-refractivity contribution in [3.8, 4) is 0 Å². The van der Waals surface area contributed by atoms with Crippen molar-refractivity contribution in [2.45, 2.75) is 75.3 Å². The molecule has 7 rings (SSSR count). The van der Waals surface area contributed by atoms with E-state index in [4.69, 9.17) is 9.47 Å². The highest BCUT2D eigenvalue weighted by molar-refractivity contribution is 5.91. The maximum Gasteiger partial charge on any atom is 0.255 e. The van der Waals surface area contributed by atoms with E-state index in [9.17, 15) is 19.5 Å². The second-order valence-electron chi connectivity index (χ2n) is 13.5. The molecule has 226 valence electrons. The van der Waals surface area contributed by atoms with E-state index < -0.39 is 17.6 Å². The number of likely N-dealkylation sites (tertiary alicyclic amines) is 1. The second kappa shape index (κ2) is 11.1. The molecule has 9 heteroatoms. The van der Waals surface area contributed by atoms with Crippen LogP contribution in [0.4, 0.5) is 0 Å². The van der Waals surface area contributed by atoms with Gasteiger partial charge < -0.3 is 29.7 Å². The van der Waals surface area contributed by atoms with Crippen molar-refractivity contribution in [2.75, 3.05) is 32.8 Å². The summed E-state index contributed by atoms with van der Waals surface area (Å²) in [6, 6.07) is 9.58. The summed E-state index contributed by atoms with van der Waals surface area (Å²) in [5.41, 5.74) is 0.222. The van der Waals surface area contributed by atoms with Crippen LogP contribution in [0.15, 0.2) is 42.5 Å². The highest BCUT2D eigenvalue weighted by atomic mass is 16.5. The number of amides is 3. The predicted molar refractivity (Wildman–Crippen MR) is 154 cm³/mol. The molecule has 1 aromatic rings. The van der Waals surface area contributed by atoms with Crippen LogP contribution < -0.4 is 5.32 Å². The first kappa shape index (κ1) is 28.0. The molecule has 2 N–H and O–H groups in total. The zero-order chi connectivity index (χ0) is 29.0. The molecule has 2 saturated carbocycles. The van der Waals surface area contributed by atoms with Gasteiger partial charge in [0, 0.05) is 32.5 Å². The molecule has 1 spiro atoms. The van der Waals surface area contributed by atoms with Gasteiger partial charge in [-0.2, -0.15) is 0 Å². The Labute approximate surface area is 247 Å². The quantitative estimate of drug-likeness (QED) is 0.480. The fourth-order valence-electron chi connectivity index (χ4n) is 8.79. The number of ether oxygens (including phenoxy) is 2. The number of aliphatic hydroxyl groups excluding tert-OH is 1. The van der Waals surface area contributed by atoms with E-state index in [2.05, 4.69) is 24.4 Å². The molecule has 2 bridgehead atoms. The number of hydrogen-bond acceptors (Lipinski definition) is 6. The number of benzene rings is 1. The Kier molecular flexibility index (Phi) is 7.39. The summed E-state index contributed by atoms with van der Waals surface area (Å²) in [5, 5.41) is 13.9. The van der Waals surface area contributed by atoms with E-state index in [0.717, 1.165) is 24.8 Å². The van der Waals surface area contributed by atoms with Crippen LogP contribution in [0, 0.1) is 29.6 Å². The van der Waals surface area contributed by atoms with Gasteiger partial charge in [-0.25, -0.2) is 0 Å². The van der Waals surface area contributed by atoms with Crippen LogP contribution in [0.25, 0.3) is 0 Å². The number of nitrogens with one attached hydrogen (secondary N) is 1. The van der Waals surface area contributed by atoms with Gasteiger partial charge in [0.25, 0.3) is 5.91 Å². The lowest BCUT2D eigenvalue weighted by molar-refractivity contribution is -0.213. The van der Waals surface area contributed by atoms with Gasteiger partial charge in [-0.1, -0.05) is 49.4 Å². The Morgan fingerprint density at radius 3 is 2.48 bits per heavy atom. The molecule has 9 nitrogen and oxygen atoms in total. The van der Waals surface area contributed by atoms with Gasteiger partial charge in [0.15, 0.2) is 5.60 Å². The number of aliphatic hydroxyl groups is 1. The van der Waals surface area contributed by atoms with Crippen LogP contribution in [0.1, 0.15) is 44.6 Å².